The summed E-state index contributed by atoms with van der Waals surface area (Å²) in [4.78, 5) is 29.6. The molecule has 2 aromatic heterocycles. The number of likely N-dealkylation sites (tertiary alicyclic amines) is 1. The SMILES string of the molecule is O=C(Nc1cncc(F)c1)N[C@H]1CCCN(C(=O)c2ccco2)C1. The van der Waals surface area contributed by atoms with E-state index in [1.165, 1.54) is 18.5 Å². The van der Waals surface area contributed by atoms with Crippen molar-refractivity contribution in [1.29, 1.82) is 0 Å². The Hall–Kier alpha value is -2.90. The minimum absolute atomic E-state index is 0.181. The molecule has 1 atom stereocenters. The highest BCUT2D eigenvalue weighted by molar-refractivity contribution is 5.92. The normalized spacial score (nSPS) is 17.4. The van der Waals surface area contributed by atoms with Crippen LogP contribution >= 0.6 is 0 Å². The van der Waals surface area contributed by atoms with Crippen LogP contribution in [0.4, 0.5) is 14.9 Å². The van der Waals surface area contributed by atoms with E-state index in [2.05, 4.69) is 15.6 Å². The van der Waals surface area contributed by atoms with Crippen molar-refractivity contribution in [2.45, 2.75) is 18.9 Å². The Labute approximate surface area is 137 Å². The number of nitrogens with one attached hydrogen (secondary N) is 2. The molecule has 8 heteroatoms. The Balaban J connectivity index is 1.55. The number of aromatic nitrogens is 1. The maximum Gasteiger partial charge on any atom is 0.319 e. The molecule has 0 unspecified atom stereocenters. The average molecular weight is 332 g/mol. The van der Waals surface area contributed by atoms with Crippen molar-refractivity contribution in [2.75, 3.05) is 18.4 Å². The van der Waals surface area contributed by atoms with E-state index in [1.54, 1.807) is 17.0 Å². The largest absolute Gasteiger partial charge is 0.459 e. The molecule has 0 aromatic carbocycles. The second kappa shape index (κ2) is 7.12. The van der Waals surface area contributed by atoms with Gasteiger partial charge < -0.3 is 20.0 Å². The van der Waals surface area contributed by atoms with Gasteiger partial charge in [0.1, 0.15) is 5.82 Å². The van der Waals surface area contributed by atoms with E-state index in [1.807, 2.05) is 0 Å². The van der Waals surface area contributed by atoms with Crippen molar-refractivity contribution in [2.24, 2.45) is 0 Å². The smallest absolute Gasteiger partial charge is 0.319 e. The summed E-state index contributed by atoms with van der Waals surface area (Å²) in [7, 11) is 0. The number of carbonyl (C=O) groups is 2. The van der Waals surface area contributed by atoms with E-state index in [-0.39, 0.29) is 23.4 Å². The van der Waals surface area contributed by atoms with Crippen LogP contribution in [0.15, 0.2) is 41.3 Å². The van der Waals surface area contributed by atoms with Crippen LogP contribution in [0.1, 0.15) is 23.4 Å². The van der Waals surface area contributed by atoms with Crippen LogP contribution in [0.25, 0.3) is 0 Å². The number of carbonyl (C=O) groups excluding carboxylic acids is 2. The summed E-state index contributed by atoms with van der Waals surface area (Å²) < 4.78 is 18.2. The van der Waals surface area contributed by atoms with Crippen molar-refractivity contribution in [3.05, 3.63) is 48.4 Å². The van der Waals surface area contributed by atoms with E-state index >= 15 is 0 Å². The Morgan fingerprint density at radius 1 is 1.38 bits per heavy atom. The third-order valence-corrected chi connectivity index (χ3v) is 3.74. The van der Waals surface area contributed by atoms with Crippen LogP contribution in [0, 0.1) is 5.82 Å². The summed E-state index contributed by atoms with van der Waals surface area (Å²) in [5.41, 5.74) is 0.270. The van der Waals surface area contributed by atoms with Gasteiger partial charge >= 0.3 is 6.03 Å². The molecule has 2 N–H and O–H groups in total. The molecule has 1 aliphatic heterocycles. The van der Waals surface area contributed by atoms with Crippen LogP contribution in [-0.4, -0.2) is 41.0 Å². The van der Waals surface area contributed by atoms with Gasteiger partial charge in [-0.2, -0.15) is 0 Å². The number of halogens is 1. The van der Waals surface area contributed by atoms with Gasteiger partial charge in [0.25, 0.3) is 5.91 Å². The maximum atomic E-state index is 13.1. The zero-order valence-electron chi connectivity index (χ0n) is 12.9. The molecule has 1 saturated heterocycles. The molecular weight excluding hydrogens is 315 g/mol. The average Bonchev–Trinajstić information content (AvgIpc) is 3.08. The minimum atomic E-state index is -0.527. The Morgan fingerprint density at radius 3 is 3.00 bits per heavy atom. The molecule has 0 aliphatic carbocycles. The quantitative estimate of drug-likeness (QED) is 0.902. The molecule has 1 aliphatic rings. The molecule has 3 rings (SSSR count). The van der Waals surface area contributed by atoms with Crippen molar-refractivity contribution in [3.63, 3.8) is 0 Å². The summed E-state index contributed by atoms with van der Waals surface area (Å²) in [6.07, 6.45) is 5.40. The molecular formula is C16H17FN4O3. The molecule has 0 bridgehead atoms. The van der Waals surface area contributed by atoms with Crippen molar-refractivity contribution in [1.82, 2.24) is 15.2 Å². The molecule has 0 saturated carbocycles. The van der Waals surface area contributed by atoms with Crippen LogP contribution in [0.2, 0.25) is 0 Å². The standard InChI is InChI=1S/C16H17FN4O3/c17-11-7-13(9-18-8-11)20-16(23)19-12-3-1-5-21(10-12)15(22)14-4-2-6-24-14/h2,4,6-9,12H,1,3,5,10H2,(H2,19,20,23)/t12-/m0/s1. The lowest BCUT2D eigenvalue weighted by molar-refractivity contribution is 0.0666. The van der Waals surface area contributed by atoms with Crippen LogP contribution in [-0.2, 0) is 0 Å². The lowest BCUT2D eigenvalue weighted by Crippen LogP contribution is -2.50. The van der Waals surface area contributed by atoms with Crippen molar-refractivity contribution < 1.29 is 18.4 Å². The molecule has 3 heterocycles. The third-order valence-electron chi connectivity index (χ3n) is 3.74. The van der Waals surface area contributed by atoms with Gasteiger partial charge in [0.2, 0.25) is 0 Å². The second-order valence-electron chi connectivity index (χ2n) is 5.56. The van der Waals surface area contributed by atoms with Gasteiger partial charge in [-0.25, -0.2) is 9.18 Å². The van der Waals surface area contributed by atoms with E-state index in [9.17, 15) is 14.0 Å². The van der Waals surface area contributed by atoms with E-state index < -0.39 is 11.8 Å². The molecule has 126 valence electrons. The number of hydrogen-bond acceptors (Lipinski definition) is 4. The lowest BCUT2D eigenvalue weighted by Gasteiger charge is -2.32. The van der Waals surface area contributed by atoms with Crippen LogP contribution < -0.4 is 10.6 Å². The summed E-state index contributed by atoms with van der Waals surface area (Å²) in [5, 5.41) is 5.32. The van der Waals surface area contributed by atoms with Crippen LogP contribution in [0.5, 0.6) is 0 Å². The number of hydrogen-bond donors (Lipinski definition) is 2. The summed E-state index contributed by atoms with van der Waals surface area (Å²) >= 11 is 0. The number of amides is 3. The monoisotopic (exact) mass is 332 g/mol. The predicted octanol–water partition coefficient (Wildman–Crippen LogP) is 2.24. The van der Waals surface area contributed by atoms with E-state index in [4.69, 9.17) is 4.42 Å². The molecule has 3 amide bonds. The molecule has 1 fully saturated rings. The number of piperidine rings is 1. The zero-order chi connectivity index (χ0) is 16.9. The van der Waals surface area contributed by atoms with Crippen LogP contribution in [0.3, 0.4) is 0 Å². The van der Waals surface area contributed by atoms with Gasteiger partial charge in [0.15, 0.2) is 5.76 Å². The van der Waals surface area contributed by atoms with Crippen molar-refractivity contribution in [3.8, 4) is 0 Å². The molecule has 7 nitrogen and oxygen atoms in total. The fourth-order valence-corrected chi connectivity index (χ4v) is 2.67. The number of furan rings is 1. The Morgan fingerprint density at radius 2 is 2.25 bits per heavy atom. The fourth-order valence-electron chi connectivity index (χ4n) is 2.67. The summed E-state index contributed by atoms with van der Waals surface area (Å²) in [6.45, 7) is 1.02. The van der Waals surface area contributed by atoms with E-state index in [0.29, 0.717) is 13.1 Å². The highest BCUT2D eigenvalue weighted by atomic mass is 19.1. The lowest BCUT2D eigenvalue weighted by atomic mass is 10.1. The van der Waals surface area contributed by atoms with Gasteiger partial charge in [-0.3, -0.25) is 9.78 Å². The highest BCUT2D eigenvalue weighted by Gasteiger charge is 2.26. The minimum Gasteiger partial charge on any atom is -0.459 e. The van der Waals surface area contributed by atoms with Gasteiger partial charge in [0.05, 0.1) is 24.3 Å². The van der Waals surface area contributed by atoms with E-state index in [0.717, 1.165) is 19.0 Å². The third kappa shape index (κ3) is 3.89. The van der Waals surface area contributed by atoms with Gasteiger partial charge in [-0.1, -0.05) is 0 Å². The highest BCUT2D eigenvalue weighted by Crippen LogP contribution is 2.15. The second-order valence-corrected chi connectivity index (χ2v) is 5.56. The Kier molecular flexibility index (Phi) is 4.74. The number of pyridine rings is 1. The summed E-state index contributed by atoms with van der Waals surface area (Å²) in [5.74, 6) is -0.437. The molecule has 24 heavy (non-hydrogen) atoms. The molecule has 0 spiro atoms. The molecule has 2 aromatic rings. The number of anilines is 1. The topological polar surface area (TPSA) is 87.5 Å². The number of nitrogens with zero attached hydrogens (tertiary/aromatic N) is 2. The molecule has 0 radical (unpaired) electrons. The first-order valence-corrected chi connectivity index (χ1v) is 7.62. The first kappa shape index (κ1) is 16.0. The maximum absolute atomic E-state index is 13.1. The first-order chi connectivity index (χ1) is 11.6. The van der Waals surface area contributed by atoms with Crippen molar-refractivity contribution >= 4 is 17.6 Å². The fraction of sp³-hybridized carbons (Fsp3) is 0.312. The predicted molar refractivity (Wildman–Crippen MR) is 84.0 cm³/mol. The first-order valence-electron chi connectivity index (χ1n) is 7.62. The number of rotatable bonds is 3. The van der Waals surface area contributed by atoms with Gasteiger partial charge in [-0.15, -0.1) is 0 Å². The van der Waals surface area contributed by atoms with Gasteiger partial charge in [-0.05, 0) is 25.0 Å². The Bertz CT molecular complexity index is 720. The summed E-state index contributed by atoms with van der Waals surface area (Å²) in [6, 6.07) is 3.82. The zero-order valence-corrected chi connectivity index (χ0v) is 12.9. The number of urea groups is 1. The van der Waals surface area contributed by atoms with Gasteiger partial charge in [0, 0.05) is 25.2 Å².